The number of nitrogens with zero attached hydrogens (tertiary/aromatic N) is 4. The Morgan fingerprint density at radius 2 is 2.17 bits per heavy atom. The van der Waals surface area contributed by atoms with Crippen molar-refractivity contribution >= 4 is 5.97 Å². The van der Waals surface area contributed by atoms with Gasteiger partial charge in [0.2, 0.25) is 0 Å². The van der Waals surface area contributed by atoms with Crippen molar-refractivity contribution in [3.05, 3.63) is 46.4 Å². The molecule has 7 nitrogen and oxygen atoms in total. The molecule has 0 aromatic carbocycles. The van der Waals surface area contributed by atoms with E-state index >= 15 is 0 Å². The van der Waals surface area contributed by atoms with Crippen molar-refractivity contribution in [2.45, 2.75) is 20.0 Å². The minimum Gasteiger partial charge on any atom is -0.476 e. The summed E-state index contributed by atoms with van der Waals surface area (Å²) in [6.45, 7) is 2.67. The molecule has 1 N–H and O–H groups in total. The lowest BCUT2D eigenvalue weighted by Gasteiger charge is -2.07. The van der Waals surface area contributed by atoms with Crippen molar-refractivity contribution in [2.24, 2.45) is 0 Å². The van der Waals surface area contributed by atoms with Gasteiger partial charge in [0.05, 0.1) is 6.54 Å². The van der Waals surface area contributed by atoms with Gasteiger partial charge >= 0.3 is 5.97 Å². The Morgan fingerprint density at radius 1 is 1.39 bits per heavy atom. The molecule has 0 fully saturated rings. The highest BCUT2D eigenvalue weighted by Gasteiger charge is 2.07. The second-order valence-electron chi connectivity index (χ2n) is 3.75. The molecule has 0 atom stereocenters. The summed E-state index contributed by atoms with van der Waals surface area (Å²) in [7, 11) is 0. The van der Waals surface area contributed by atoms with Gasteiger partial charge in [0, 0.05) is 25.0 Å². The number of aryl methyl sites for hydroxylation is 3. The zero-order valence-electron chi connectivity index (χ0n) is 9.78. The largest absolute Gasteiger partial charge is 0.476 e. The number of carboxylic acids is 1. The number of rotatable bonds is 4. The first-order valence-corrected chi connectivity index (χ1v) is 5.37. The zero-order valence-corrected chi connectivity index (χ0v) is 9.78. The van der Waals surface area contributed by atoms with Crippen molar-refractivity contribution in [3.63, 3.8) is 0 Å². The Hall–Kier alpha value is -2.44. The first-order chi connectivity index (χ1) is 8.58. The summed E-state index contributed by atoms with van der Waals surface area (Å²) in [6.07, 6.45) is 3.46. The maximum atomic E-state index is 11.5. The summed E-state index contributed by atoms with van der Waals surface area (Å²) in [5.41, 5.74) is -0.463. The summed E-state index contributed by atoms with van der Waals surface area (Å²) >= 11 is 0. The quantitative estimate of drug-likeness (QED) is 0.831. The van der Waals surface area contributed by atoms with Gasteiger partial charge < -0.3 is 9.67 Å². The number of aromatic nitrogens is 4. The third-order valence-corrected chi connectivity index (χ3v) is 2.56. The summed E-state index contributed by atoms with van der Waals surface area (Å²) in [5, 5.41) is 12.6. The van der Waals surface area contributed by atoms with Gasteiger partial charge in [0.25, 0.3) is 5.56 Å². The van der Waals surface area contributed by atoms with Crippen LogP contribution in [0.1, 0.15) is 16.3 Å². The fourth-order valence-electron chi connectivity index (χ4n) is 1.57. The monoisotopic (exact) mass is 248 g/mol. The number of aromatic carboxylic acids is 1. The van der Waals surface area contributed by atoms with E-state index in [1.807, 2.05) is 11.5 Å². The molecule has 0 aliphatic heterocycles. The van der Waals surface area contributed by atoms with Gasteiger partial charge in [-0.15, -0.1) is 0 Å². The standard InChI is InChI=1S/C11H12N4O3/c1-8-12-4-5-14(8)6-7-15-10(16)3-2-9(13-15)11(17)18/h2-5H,6-7H2,1H3,(H,17,18). The molecule has 2 aromatic heterocycles. The Bertz CT molecular complexity index is 629. The summed E-state index contributed by atoms with van der Waals surface area (Å²) < 4.78 is 3.00. The molecule has 0 radical (unpaired) electrons. The van der Waals surface area contributed by atoms with Gasteiger partial charge in [-0.25, -0.2) is 14.5 Å². The van der Waals surface area contributed by atoms with Crippen LogP contribution in [0.15, 0.2) is 29.3 Å². The number of hydrogen-bond donors (Lipinski definition) is 1. The molecule has 0 spiro atoms. The number of hydrogen-bond acceptors (Lipinski definition) is 4. The zero-order chi connectivity index (χ0) is 13.1. The molecule has 2 rings (SSSR count). The van der Waals surface area contributed by atoms with Gasteiger partial charge in [0.15, 0.2) is 5.69 Å². The van der Waals surface area contributed by atoms with E-state index < -0.39 is 5.97 Å². The second kappa shape index (κ2) is 4.82. The third kappa shape index (κ3) is 2.45. The van der Waals surface area contributed by atoms with E-state index in [1.54, 1.807) is 12.4 Å². The summed E-state index contributed by atoms with van der Waals surface area (Å²) in [4.78, 5) is 26.3. The normalized spacial score (nSPS) is 10.5. The Kier molecular flexibility index (Phi) is 3.22. The Balaban J connectivity index is 2.19. The van der Waals surface area contributed by atoms with E-state index in [4.69, 9.17) is 5.11 Å². The van der Waals surface area contributed by atoms with Gasteiger partial charge in [-0.3, -0.25) is 4.79 Å². The van der Waals surface area contributed by atoms with Crippen LogP contribution >= 0.6 is 0 Å². The molecule has 0 unspecified atom stereocenters. The molecule has 2 heterocycles. The minimum atomic E-state index is -1.15. The van der Waals surface area contributed by atoms with Crippen LogP contribution in [0.25, 0.3) is 0 Å². The van der Waals surface area contributed by atoms with Gasteiger partial charge in [-0.05, 0) is 13.0 Å². The topological polar surface area (TPSA) is 90.0 Å². The maximum absolute atomic E-state index is 11.5. The highest BCUT2D eigenvalue weighted by molar-refractivity contribution is 5.84. The summed E-state index contributed by atoms with van der Waals surface area (Å²) in [5.74, 6) is -0.319. The molecule has 0 saturated heterocycles. The lowest BCUT2D eigenvalue weighted by atomic mass is 10.4. The number of imidazole rings is 1. The fourth-order valence-corrected chi connectivity index (χ4v) is 1.57. The van der Waals surface area contributed by atoms with Gasteiger partial charge in [-0.1, -0.05) is 0 Å². The van der Waals surface area contributed by atoms with Crippen LogP contribution < -0.4 is 5.56 Å². The molecule has 0 bridgehead atoms. The van der Waals surface area contributed by atoms with E-state index in [0.29, 0.717) is 13.1 Å². The minimum absolute atomic E-state index is 0.142. The van der Waals surface area contributed by atoms with Gasteiger partial charge in [-0.2, -0.15) is 5.10 Å². The van der Waals surface area contributed by atoms with Crippen molar-refractivity contribution in [3.8, 4) is 0 Å². The van der Waals surface area contributed by atoms with E-state index in [0.717, 1.165) is 10.5 Å². The maximum Gasteiger partial charge on any atom is 0.356 e. The molecule has 0 aliphatic rings. The number of carboxylic acid groups (broad SMARTS) is 1. The highest BCUT2D eigenvalue weighted by Crippen LogP contribution is 1.96. The first kappa shape index (κ1) is 12.0. The molecule has 94 valence electrons. The van der Waals surface area contributed by atoms with Crippen LogP contribution in [0.3, 0.4) is 0 Å². The molecule has 2 aromatic rings. The van der Waals surface area contributed by atoms with E-state index in [2.05, 4.69) is 10.1 Å². The van der Waals surface area contributed by atoms with Crippen molar-refractivity contribution in [2.75, 3.05) is 0 Å². The van der Waals surface area contributed by atoms with Crippen molar-refractivity contribution < 1.29 is 9.90 Å². The molecule has 7 heteroatoms. The predicted octanol–water partition coefficient (Wildman–Crippen LogP) is 0.147. The molecular weight excluding hydrogens is 236 g/mol. The van der Waals surface area contributed by atoms with Crippen molar-refractivity contribution in [1.82, 2.24) is 19.3 Å². The smallest absolute Gasteiger partial charge is 0.356 e. The van der Waals surface area contributed by atoms with Crippen LogP contribution in [-0.4, -0.2) is 30.4 Å². The molecule has 18 heavy (non-hydrogen) atoms. The van der Waals surface area contributed by atoms with E-state index in [-0.39, 0.29) is 11.3 Å². The predicted molar refractivity (Wildman–Crippen MR) is 62.4 cm³/mol. The van der Waals surface area contributed by atoms with Crippen LogP contribution in [-0.2, 0) is 13.1 Å². The van der Waals surface area contributed by atoms with Crippen molar-refractivity contribution in [1.29, 1.82) is 0 Å². The second-order valence-corrected chi connectivity index (χ2v) is 3.75. The lowest BCUT2D eigenvalue weighted by molar-refractivity contribution is 0.0687. The Morgan fingerprint density at radius 3 is 2.78 bits per heavy atom. The SMILES string of the molecule is Cc1nccn1CCn1nc(C(=O)O)ccc1=O. The first-order valence-electron chi connectivity index (χ1n) is 5.37. The van der Waals surface area contributed by atoms with E-state index in [1.165, 1.54) is 12.1 Å². The lowest BCUT2D eigenvalue weighted by Crippen LogP contribution is -2.26. The van der Waals surface area contributed by atoms with Crippen LogP contribution in [0.5, 0.6) is 0 Å². The molecule has 0 saturated carbocycles. The third-order valence-electron chi connectivity index (χ3n) is 2.56. The molecule has 0 amide bonds. The average molecular weight is 248 g/mol. The van der Waals surface area contributed by atoms with Crippen LogP contribution in [0.4, 0.5) is 0 Å². The summed E-state index contributed by atoms with van der Waals surface area (Å²) in [6, 6.07) is 2.40. The van der Waals surface area contributed by atoms with Gasteiger partial charge in [0.1, 0.15) is 5.82 Å². The average Bonchev–Trinajstić information content (AvgIpc) is 2.73. The van der Waals surface area contributed by atoms with Crippen LogP contribution in [0, 0.1) is 6.92 Å². The molecule has 0 aliphatic carbocycles. The number of carbonyl (C=O) groups is 1. The highest BCUT2D eigenvalue weighted by atomic mass is 16.4. The van der Waals surface area contributed by atoms with E-state index in [9.17, 15) is 9.59 Å². The Labute approximate surface area is 102 Å². The van der Waals surface area contributed by atoms with Crippen LogP contribution in [0.2, 0.25) is 0 Å². The fraction of sp³-hybridized carbons (Fsp3) is 0.273. The molecular formula is C11H12N4O3.